The third-order valence-electron chi connectivity index (χ3n) is 13.9. The van der Waals surface area contributed by atoms with Crippen LogP contribution in [-0.2, 0) is 21.7 Å². The zero-order valence-electron chi connectivity index (χ0n) is 37.5. The van der Waals surface area contributed by atoms with E-state index in [9.17, 15) is 0 Å². The molecule has 0 spiro atoms. The minimum atomic E-state index is -0.160. The number of fused-ring (bicyclic) bond motifs is 11. The highest BCUT2D eigenvalue weighted by Gasteiger charge is 2.38. The summed E-state index contributed by atoms with van der Waals surface area (Å²) in [7, 11) is 2.49. The number of rotatable bonds is 3. The molecular weight excluding hydrogens is 756 g/mol. The Kier molecular flexibility index (Phi) is 8.01. The Morgan fingerprint density at radius 3 is 1.92 bits per heavy atom. The van der Waals surface area contributed by atoms with E-state index in [0.29, 0.717) is 0 Å². The van der Waals surface area contributed by atoms with Crippen molar-refractivity contribution < 1.29 is 0 Å². The van der Waals surface area contributed by atoms with Gasteiger partial charge in [0, 0.05) is 64.5 Å². The van der Waals surface area contributed by atoms with Crippen LogP contribution in [0.4, 0.5) is 11.4 Å². The fourth-order valence-electron chi connectivity index (χ4n) is 10.3. The Labute approximate surface area is 365 Å². The Morgan fingerprint density at radius 1 is 0.525 bits per heavy atom. The molecule has 1 aliphatic heterocycles. The lowest BCUT2D eigenvalue weighted by atomic mass is 9.58. The van der Waals surface area contributed by atoms with Gasteiger partial charge in [0.1, 0.15) is 0 Å². The van der Waals surface area contributed by atoms with Crippen molar-refractivity contribution in [2.45, 2.75) is 97.8 Å². The Hall–Kier alpha value is -5.58. The summed E-state index contributed by atoms with van der Waals surface area (Å²) < 4.78 is 5.25. The molecule has 0 atom stereocenters. The van der Waals surface area contributed by atoms with Crippen molar-refractivity contribution in [3.8, 4) is 27.9 Å². The van der Waals surface area contributed by atoms with Crippen LogP contribution in [-0.4, -0.2) is 11.8 Å². The second-order valence-electron chi connectivity index (χ2n) is 21.4. The summed E-state index contributed by atoms with van der Waals surface area (Å²) in [6.45, 7) is 25.6. The standard InChI is InChI=1S/C57H54BN2S/c1-54(2,3)32-16-20-35(21-17-32)59-47-31-45-40(36-22-18-33(55(4,5)6)26-44(36)57(45,10)11)28-41(47)38-23-24-39-42-30-51-43(37-14-12-13-15-50(37)61-51)29-49(42)60-48-25-19-34(56(7,8)9)27-46(48)58-52(38)53(39)60/h12-31,59H,1-11H3. The van der Waals surface area contributed by atoms with Gasteiger partial charge in [-0.3, -0.25) is 0 Å². The molecule has 3 heterocycles. The average Bonchev–Trinajstić information content (AvgIpc) is 3.81. The zero-order chi connectivity index (χ0) is 42.5. The van der Waals surface area contributed by atoms with E-state index in [0.717, 1.165) is 11.4 Å². The van der Waals surface area contributed by atoms with E-state index in [2.05, 4.69) is 215 Å². The summed E-state index contributed by atoms with van der Waals surface area (Å²) in [6, 6.07) is 47.0. The lowest BCUT2D eigenvalue weighted by Crippen LogP contribution is -2.38. The maximum atomic E-state index is 4.00. The fourth-order valence-corrected chi connectivity index (χ4v) is 11.4. The highest BCUT2D eigenvalue weighted by molar-refractivity contribution is 7.25. The minimum Gasteiger partial charge on any atom is -0.355 e. The van der Waals surface area contributed by atoms with E-state index >= 15 is 0 Å². The number of hydrogen-bond acceptors (Lipinski definition) is 2. The van der Waals surface area contributed by atoms with Gasteiger partial charge in [-0.1, -0.05) is 154 Å². The molecular formula is C57H54BN2S. The summed E-state index contributed by atoms with van der Waals surface area (Å²) >= 11 is 1.90. The van der Waals surface area contributed by atoms with Crippen molar-refractivity contribution in [2.24, 2.45) is 0 Å². The Morgan fingerprint density at radius 2 is 1.18 bits per heavy atom. The van der Waals surface area contributed by atoms with E-state index in [1.165, 1.54) is 109 Å². The van der Waals surface area contributed by atoms with Crippen molar-refractivity contribution in [1.82, 2.24) is 4.57 Å². The van der Waals surface area contributed by atoms with Crippen LogP contribution in [0.2, 0.25) is 0 Å². The number of anilines is 2. The maximum absolute atomic E-state index is 4.00. The van der Waals surface area contributed by atoms with Gasteiger partial charge in [-0.25, -0.2) is 0 Å². The van der Waals surface area contributed by atoms with Crippen LogP contribution < -0.4 is 16.2 Å². The molecule has 7 aromatic carbocycles. The first-order valence-corrected chi connectivity index (χ1v) is 22.8. The minimum absolute atomic E-state index is 0.0190. The zero-order valence-corrected chi connectivity index (χ0v) is 38.3. The predicted octanol–water partition coefficient (Wildman–Crippen LogP) is 14.7. The molecule has 0 fully saturated rings. The molecule has 0 saturated carbocycles. The van der Waals surface area contributed by atoms with E-state index in [-0.39, 0.29) is 21.7 Å². The van der Waals surface area contributed by atoms with Gasteiger partial charge in [0.2, 0.25) is 0 Å². The van der Waals surface area contributed by atoms with Gasteiger partial charge in [-0.2, -0.15) is 0 Å². The second kappa shape index (κ2) is 12.7. The van der Waals surface area contributed by atoms with Crippen molar-refractivity contribution in [2.75, 3.05) is 5.32 Å². The largest absolute Gasteiger partial charge is 0.355 e. The van der Waals surface area contributed by atoms with Gasteiger partial charge in [-0.15, -0.1) is 11.3 Å². The van der Waals surface area contributed by atoms with Crippen molar-refractivity contribution in [3.63, 3.8) is 0 Å². The van der Waals surface area contributed by atoms with Crippen molar-refractivity contribution in [3.05, 3.63) is 149 Å². The van der Waals surface area contributed by atoms with Crippen molar-refractivity contribution >= 4 is 82.9 Å². The highest BCUT2D eigenvalue weighted by atomic mass is 32.1. The van der Waals surface area contributed by atoms with Gasteiger partial charge in [0.15, 0.2) is 7.28 Å². The summed E-state index contributed by atoms with van der Waals surface area (Å²) in [5.74, 6) is 0. The summed E-state index contributed by atoms with van der Waals surface area (Å²) in [4.78, 5) is 0. The molecule has 2 aliphatic rings. The molecule has 1 aliphatic carbocycles. The normalized spacial score (nSPS) is 14.4. The summed E-state index contributed by atoms with van der Waals surface area (Å²) in [6.07, 6.45) is 0. The average molecular weight is 810 g/mol. The molecule has 0 bridgehead atoms. The topological polar surface area (TPSA) is 17.0 Å². The van der Waals surface area contributed by atoms with E-state index < -0.39 is 0 Å². The van der Waals surface area contributed by atoms with E-state index in [1.54, 1.807) is 0 Å². The molecule has 9 aromatic rings. The molecule has 0 saturated heterocycles. The first-order valence-electron chi connectivity index (χ1n) is 22.0. The number of hydrogen-bond donors (Lipinski definition) is 1. The van der Waals surface area contributed by atoms with Crippen LogP contribution >= 0.6 is 11.3 Å². The fraction of sp³-hybridized carbons (Fsp3) is 0.263. The van der Waals surface area contributed by atoms with Crippen LogP contribution in [0.15, 0.2) is 121 Å². The SMILES string of the molecule is CC(C)(C)c1ccc(Nc2cc3c(cc2-c2ccc4c5cc6sc7ccccc7c6cc5n5c4c2[B]c2cc(C(C)(C)C)ccc2-5)-c2ccc(C(C)(C)C)cc2C3(C)C)cc1. The highest BCUT2D eigenvalue weighted by Crippen LogP contribution is 2.53. The predicted molar refractivity (Wildman–Crippen MR) is 268 cm³/mol. The van der Waals surface area contributed by atoms with Crippen LogP contribution in [0, 0.1) is 0 Å². The van der Waals surface area contributed by atoms with Crippen molar-refractivity contribution in [1.29, 1.82) is 0 Å². The third kappa shape index (κ3) is 5.81. The van der Waals surface area contributed by atoms with Gasteiger partial charge in [-0.05, 0) is 115 Å². The first kappa shape index (κ1) is 38.4. The molecule has 61 heavy (non-hydrogen) atoms. The molecule has 0 amide bonds. The second-order valence-corrected chi connectivity index (χ2v) is 22.5. The Bertz CT molecular complexity index is 3320. The van der Waals surface area contributed by atoms with E-state index in [4.69, 9.17) is 0 Å². The lowest BCUT2D eigenvalue weighted by Gasteiger charge is -2.27. The number of aromatic nitrogens is 1. The van der Waals surface area contributed by atoms with Gasteiger partial charge < -0.3 is 9.88 Å². The van der Waals surface area contributed by atoms with Crippen LogP contribution in [0.3, 0.4) is 0 Å². The molecule has 301 valence electrons. The monoisotopic (exact) mass is 809 g/mol. The van der Waals surface area contributed by atoms with Gasteiger partial charge >= 0.3 is 0 Å². The van der Waals surface area contributed by atoms with Crippen LogP contribution in [0.5, 0.6) is 0 Å². The quantitative estimate of drug-likeness (QED) is 0.176. The van der Waals surface area contributed by atoms with E-state index in [1.807, 2.05) is 11.3 Å². The van der Waals surface area contributed by atoms with Crippen LogP contribution in [0.1, 0.15) is 104 Å². The van der Waals surface area contributed by atoms with Crippen LogP contribution in [0.25, 0.3) is 69.9 Å². The molecule has 0 unspecified atom stereocenters. The molecule has 2 nitrogen and oxygen atoms in total. The smallest absolute Gasteiger partial charge is 0.197 e. The Balaban J connectivity index is 1.20. The molecule has 1 N–H and O–H groups in total. The number of benzene rings is 7. The first-order chi connectivity index (χ1) is 28.9. The third-order valence-corrected chi connectivity index (χ3v) is 15.0. The maximum Gasteiger partial charge on any atom is 0.197 e. The number of thiophene rings is 1. The molecule has 4 heteroatoms. The number of nitrogens with one attached hydrogen (secondary N) is 1. The lowest BCUT2D eigenvalue weighted by molar-refractivity contribution is 0.584. The number of nitrogens with zero attached hydrogens (tertiary/aromatic N) is 1. The van der Waals surface area contributed by atoms with Gasteiger partial charge in [0.05, 0.1) is 5.52 Å². The summed E-state index contributed by atoms with van der Waals surface area (Å²) in [5.41, 5.74) is 20.5. The van der Waals surface area contributed by atoms with Gasteiger partial charge in [0.25, 0.3) is 0 Å². The molecule has 11 rings (SSSR count). The summed E-state index contributed by atoms with van der Waals surface area (Å²) in [5, 5.41) is 9.26. The molecule has 1 radical (unpaired) electrons. The molecule has 2 aromatic heterocycles.